The number of aromatic amines is 1. The molecule has 2 aromatic carbocycles. The fourth-order valence-electron chi connectivity index (χ4n) is 3.63. The third-order valence-corrected chi connectivity index (χ3v) is 5.72. The Morgan fingerprint density at radius 3 is 2.47 bits per heavy atom. The molecule has 0 radical (unpaired) electrons. The van der Waals surface area contributed by atoms with Crippen LogP contribution in [0.2, 0.25) is 0 Å². The number of hydrogen-bond acceptors (Lipinski definition) is 7. The second-order valence-electron chi connectivity index (χ2n) is 8.88. The van der Waals surface area contributed by atoms with E-state index in [2.05, 4.69) is 14.7 Å². The van der Waals surface area contributed by atoms with Crippen LogP contribution in [0.4, 0.5) is 5.69 Å². The first-order valence-corrected chi connectivity index (χ1v) is 12.2. The number of oxazole rings is 1. The number of fused-ring (bicyclic) bond motifs is 1. The van der Waals surface area contributed by atoms with Crippen molar-refractivity contribution in [3.8, 4) is 22.9 Å². The van der Waals surface area contributed by atoms with Crippen molar-refractivity contribution in [2.45, 2.75) is 26.2 Å². The molecular weight excluding hydrogens is 460 g/mol. The van der Waals surface area contributed by atoms with Gasteiger partial charge < -0.3 is 9.15 Å². The Balaban J connectivity index is 1.97. The summed E-state index contributed by atoms with van der Waals surface area (Å²) in [5.74, 6) is 0.753. The summed E-state index contributed by atoms with van der Waals surface area (Å²) in [6, 6.07) is 9.53. The molecule has 0 spiro atoms. The van der Waals surface area contributed by atoms with E-state index in [1.165, 1.54) is 23.9 Å². The number of H-pyrrole nitrogens is 1. The molecule has 0 unspecified atom stereocenters. The number of rotatable bonds is 5. The highest BCUT2D eigenvalue weighted by Gasteiger charge is 2.26. The van der Waals surface area contributed by atoms with Crippen molar-refractivity contribution in [3.05, 3.63) is 69.0 Å². The van der Waals surface area contributed by atoms with Crippen molar-refractivity contribution in [1.29, 1.82) is 0 Å². The summed E-state index contributed by atoms with van der Waals surface area (Å²) in [7, 11) is -1.91. The number of benzene rings is 2. The quantitative estimate of drug-likeness (QED) is 0.444. The first-order valence-electron chi connectivity index (χ1n) is 10.3. The van der Waals surface area contributed by atoms with Gasteiger partial charge in [-0.15, -0.1) is 0 Å². The van der Waals surface area contributed by atoms with Gasteiger partial charge in [0.1, 0.15) is 11.3 Å². The van der Waals surface area contributed by atoms with Crippen LogP contribution in [-0.2, 0) is 15.4 Å². The average molecular weight is 485 g/mol. The van der Waals surface area contributed by atoms with E-state index in [1.807, 2.05) is 26.8 Å². The van der Waals surface area contributed by atoms with Gasteiger partial charge in [0.25, 0.3) is 5.56 Å². The fourth-order valence-corrected chi connectivity index (χ4v) is 4.18. The molecule has 0 amide bonds. The zero-order chi connectivity index (χ0) is 24.8. The number of aromatic nitrogens is 3. The maximum absolute atomic E-state index is 12.5. The SMILES string of the molecule is COc1c(-c2nc3cc(NS(C)(=O)=O)ccc3o2)cc(-n2ccc(=O)[nH]c2=O)cc1C(C)(C)C. The maximum atomic E-state index is 12.5. The second-order valence-corrected chi connectivity index (χ2v) is 10.6. The Morgan fingerprint density at radius 2 is 1.85 bits per heavy atom. The minimum atomic E-state index is -3.45. The molecule has 11 heteroatoms. The van der Waals surface area contributed by atoms with Crippen LogP contribution in [0.1, 0.15) is 26.3 Å². The largest absolute Gasteiger partial charge is 0.496 e. The zero-order valence-corrected chi connectivity index (χ0v) is 20.1. The van der Waals surface area contributed by atoms with Gasteiger partial charge >= 0.3 is 5.69 Å². The zero-order valence-electron chi connectivity index (χ0n) is 19.3. The summed E-state index contributed by atoms with van der Waals surface area (Å²) in [5.41, 5.74) is 1.56. The number of nitrogens with one attached hydrogen (secondary N) is 2. The van der Waals surface area contributed by atoms with Gasteiger partial charge in [0, 0.05) is 17.8 Å². The predicted molar refractivity (Wildman–Crippen MR) is 129 cm³/mol. The molecule has 2 N–H and O–H groups in total. The lowest BCUT2D eigenvalue weighted by Gasteiger charge is -2.24. The summed E-state index contributed by atoms with van der Waals surface area (Å²) in [5, 5.41) is 0. The molecular formula is C23H24N4O6S. The third-order valence-electron chi connectivity index (χ3n) is 5.11. The second kappa shape index (κ2) is 8.17. The van der Waals surface area contributed by atoms with Gasteiger partial charge in [-0.1, -0.05) is 20.8 Å². The standard InChI is InChI=1S/C23H24N4O6S/c1-23(2,3)16-12-14(27-9-8-19(28)25-22(27)29)11-15(20(16)32-4)21-24-17-10-13(26-34(5,30)31)6-7-18(17)33-21/h6-12,26H,1-5H3,(H,25,28,29). The summed E-state index contributed by atoms with van der Waals surface area (Å²) >= 11 is 0. The summed E-state index contributed by atoms with van der Waals surface area (Å²) in [6.45, 7) is 6.01. The average Bonchev–Trinajstić information content (AvgIpc) is 3.14. The van der Waals surface area contributed by atoms with Crippen LogP contribution in [0.5, 0.6) is 5.75 Å². The molecule has 34 heavy (non-hydrogen) atoms. The highest BCUT2D eigenvalue weighted by Crippen LogP contribution is 2.41. The minimum absolute atomic E-state index is 0.230. The summed E-state index contributed by atoms with van der Waals surface area (Å²) in [4.78, 5) is 30.8. The molecule has 0 bridgehead atoms. The van der Waals surface area contributed by atoms with Gasteiger partial charge in [-0.3, -0.25) is 19.1 Å². The molecule has 0 saturated heterocycles. The van der Waals surface area contributed by atoms with Gasteiger partial charge in [-0.05, 0) is 35.7 Å². The smallest absolute Gasteiger partial charge is 0.332 e. The van der Waals surface area contributed by atoms with E-state index >= 15 is 0 Å². The maximum Gasteiger partial charge on any atom is 0.332 e. The Bertz CT molecular complexity index is 1620. The molecule has 0 saturated carbocycles. The Morgan fingerprint density at radius 1 is 1.12 bits per heavy atom. The summed E-state index contributed by atoms with van der Waals surface area (Å²) in [6.07, 6.45) is 2.46. The third kappa shape index (κ3) is 4.60. The topological polar surface area (TPSA) is 136 Å². The van der Waals surface area contributed by atoms with E-state index in [1.54, 1.807) is 24.3 Å². The molecule has 4 aromatic rings. The Labute approximate surface area is 195 Å². The summed E-state index contributed by atoms with van der Waals surface area (Å²) < 4.78 is 38.6. The number of nitrogens with zero attached hydrogens (tertiary/aromatic N) is 2. The lowest BCUT2D eigenvalue weighted by molar-refractivity contribution is 0.397. The van der Waals surface area contributed by atoms with E-state index in [0.29, 0.717) is 33.8 Å². The highest BCUT2D eigenvalue weighted by atomic mass is 32.2. The molecule has 2 heterocycles. The molecule has 4 rings (SSSR count). The molecule has 0 aliphatic rings. The van der Waals surface area contributed by atoms with Crippen molar-refractivity contribution in [3.63, 3.8) is 0 Å². The van der Waals surface area contributed by atoms with Crippen molar-refractivity contribution in [2.24, 2.45) is 0 Å². The molecule has 178 valence electrons. The van der Waals surface area contributed by atoms with Gasteiger partial charge in [-0.2, -0.15) is 0 Å². The van der Waals surface area contributed by atoms with Crippen molar-refractivity contribution in [1.82, 2.24) is 14.5 Å². The van der Waals surface area contributed by atoms with Gasteiger partial charge in [0.2, 0.25) is 15.9 Å². The monoisotopic (exact) mass is 484 g/mol. The molecule has 0 aliphatic heterocycles. The van der Waals surface area contributed by atoms with Crippen molar-refractivity contribution in [2.75, 3.05) is 18.1 Å². The molecule has 0 fully saturated rings. The molecule has 0 aliphatic carbocycles. The van der Waals surface area contributed by atoms with Crippen LogP contribution in [0.15, 0.2) is 56.6 Å². The highest BCUT2D eigenvalue weighted by molar-refractivity contribution is 7.92. The predicted octanol–water partition coefficient (Wildman–Crippen LogP) is 3.01. The van der Waals surface area contributed by atoms with Gasteiger partial charge in [-0.25, -0.2) is 18.2 Å². The van der Waals surface area contributed by atoms with Crippen LogP contribution >= 0.6 is 0 Å². The van der Waals surface area contributed by atoms with E-state index in [9.17, 15) is 18.0 Å². The molecule has 0 atom stereocenters. The fraction of sp³-hybridized carbons (Fsp3) is 0.261. The number of hydrogen-bond donors (Lipinski definition) is 2. The van der Waals surface area contributed by atoms with Crippen LogP contribution in [-0.4, -0.2) is 36.3 Å². The minimum Gasteiger partial charge on any atom is -0.496 e. The Hall–Kier alpha value is -3.86. The lowest BCUT2D eigenvalue weighted by atomic mass is 9.84. The van der Waals surface area contributed by atoms with E-state index in [-0.39, 0.29) is 11.3 Å². The van der Waals surface area contributed by atoms with Crippen LogP contribution in [0, 0.1) is 0 Å². The molecule has 2 aromatic heterocycles. The van der Waals surface area contributed by atoms with Gasteiger partial charge in [0.15, 0.2) is 5.58 Å². The number of methoxy groups -OCH3 is 1. The lowest BCUT2D eigenvalue weighted by Crippen LogP contribution is -2.27. The van der Waals surface area contributed by atoms with E-state index in [4.69, 9.17) is 9.15 Å². The number of anilines is 1. The van der Waals surface area contributed by atoms with E-state index < -0.39 is 21.3 Å². The van der Waals surface area contributed by atoms with Crippen molar-refractivity contribution >= 4 is 26.8 Å². The number of sulfonamides is 1. The van der Waals surface area contributed by atoms with Crippen LogP contribution in [0.3, 0.4) is 0 Å². The van der Waals surface area contributed by atoms with E-state index in [0.717, 1.165) is 11.8 Å². The normalized spacial score (nSPS) is 12.1. The van der Waals surface area contributed by atoms with Crippen LogP contribution < -0.4 is 20.7 Å². The number of ether oxygens (including phenoxy) is 1. The van der Waals surface area contributed by atoms with Gasteiger partial charge in [0.05, 0.1) is 30.3 Å². The Kier molecular flexibility index (Phi) is 5.60. The first kappa shape index (κ1) is 23.3. The first-order chi connectivity index (χ1) is 15.9. The van der Waals surface area contributed by atoms with Crippen LogP contribution in [0.25, 0.3) is 28.2 Å². The molecule has 10 nitrogen and oxygen atoms in total. The van der Waals surface area contributed by atoms with Crippen molar-refractivity contribution < 1.29 is 17.6 Å².